The third-order valence-electron chi connectivity index (χ3n) is 2.48. The quantitative estimate of drug-likeness (QED) is 0.553. The maximum Gasteiger partial charge on any atom is 0.182 e. The lowest BCUT2D eigenvalue weighted by molar-refractivity contribution is 0.940. The second-order valence-electron chi connectivity index (χ2n) is 3.68. The molecule has 0 aliphatic carbocycles. The van der Waals surface area contributed by atoms with Gasteiger partial charge in [-0.15, -0.1) is 5.10 Å². The molecule has 0 atom stereocenters. The highest BCUT2D eigenvalue weighted by Crippen LogP contribution is 2.19. The van der Waals surface area contributed by atoms with Crippen LogP contribution in [0.5, 0.6) is 0 Å². The Kier molecular flexibility index (Phi) is 2.33. The number of halogens is 1. The maximum absolute atomic E-state index is 5.65. The predicted molar refractivity (Wildman–Crippen MR) is 70.5 cm³/mol. The van der Waals surface area contributed by atoms with Crippen molar-refractivity contribution in [3.8, 4) is 11.4 Å². The highest BCUT2D eigenvalue weighted by molar-refractivity contribution is 9.10. The highest BCUT2D eigenvalue weighted by Gasteiger charge is 2.07. The molecule has 0 radical (unpaired) electrons. The lowest BCUT2D eigenvalue weighted by Crippen LogP contribution is -1.89. The molecule has 2 N–H and O–H groups in total. The van der Waals surface area contributed by atoms with E-state index in [1.54, 1.807) is 4.52 Å². The van der Waals surface area contributed by atoms with Gasteiger partial charge in [-0.2, -0.15) is 0 Å². The minimum Gasteiger partial charge on any atom is -0.399 e. The van der Waals surface area contributed by atoms with Crippen molar-refractivity contribution in [3.05, 3.63) is 47.1 Å². The van der Waals surface area contributed by atoms with Crippen LogP contribution in [-0.2, 0) is 0 Å². The van der Waals surface area contributed by atoms with Gasteiger partial charge in [0.1, 0.15) is 4.60 Å². The first-order chi connectivity index (χ1) is 8.24. The van der Waals surface area contributed by atoms with Gasteiger partial charge in [-0.05, 0) is 52.3 Å². The minimum absolute atomic E-state index is 0.692. The molecule has 0 saturated carbocycles. The van der Waals surface area contributed by atoms with Gasteiger partial charge >= 0.3 is 0 Å². The molecule has 0 saturated heterocycles. The van der Waals surface area contributed by atoms with Crippen LogP contribution in [0.4, 0.5) is 5.69 Å². The number of hydrogen-bond donors (Lipinski definition) is 1. The first-order valence-electron chi connectivity index (χ1n) is 5.11. The Balaban J connectivity index is 2.18. The summed E-state index contributed by atoms with van der Waals surface area (Å²) in [6.07, 6.45) is 0. The first kappa shape index (κ1) is 10.3. The smallest absolute Gasteiger partial charge is 0.182 e. The SMILES string of the molecule is Nc1ccc(-c2nc3cccc(Br)n3n2)cc1. The van der Waals surface area contributed by atoms with E-state index >= 15 is 0 Å². The second-order valence-corrected chi connectivity index (χ2v) is 4.49. The van der Waals surface area contributed by atoms with E-state index in [-0.39, 0.29) is 0 Å². The molecule has 17 heavy (non-hydrogen) atoms. The van der Waals surface area contributed by atoms with Gasteiger partial charge in [0.25, 0.3) is 0 Å². The molecular weight excluding hydrogens is 280 g/mol. The Hall–Kier alpha value is -1.88. The van der Waals surface area contributed by atoms with Gasteiger partial charge in [-0.1, -0.05) is 6.07 Å². The molecule has 0 aliphatic heterocycles. The van der Waals surface area contributed by atoms with Crippen molar-refractivity contribution >= 4 is 27.3 Å². The number of nitrogens with two attached hydrogens (primary N) is 1. The van der Waals surface area contributed by atoms with Crippen molar-refractivity contribution in [3.63, 3.8) is 0 Å². The zero-order chi connectivity index (χ0) is 11.8. The highest BCUT2D eigenvalue weighted by atomic mass is 79.9. The van der Waals surface area contributed by atoms with Crippen LogP contribution in [0.3, 0.4) is 0 Å². The van der Waals surface area contributed by atoms with E-state index in [2.05, 4.69) is 26.0 Å². The maximum atomic E-state index is 5.65. The molecule has 2 heterocycles. The molecule has 84 valence electrons. The normalized spacial score (nSPS) is 10.9. The van der Waals surface area contributed by atoms with Gasteiger partial charge in [0.2, 0.25) is 0 Å². The summed E-state index contributed by atoms with van der Waals surface area (Å²) in [5.41, 5.74) is 8.15. The van der Waals surface area contributed by atoms with Gasteiger partial charge in [-0.25, -0.2) is 9.50 Å². The zero-order valence-electron chi connectivity index (χ0n) is 8.84. The fourth-order valence-corrected chi connectivity index (χ4v) is 2.04. The topological polar surface area (TPSA) is 56.2 Å². The molecule has 0 unspecified atom stereocenters. The summed E-state index contributed by atoms with van der Waals surface area (Å²) in [6, 6.07) is 13.3. The first-order valence-corrected chi connectivity index (χ1v) is 5.90. The Labute approximate surface area is 106 Å². The molecule has 0 fully saturated rings. The molecule has 5 heteroatoms. The lowest BCUT2D eigenvalue weighted by atomic mass is 10.2. The van der Waals surface area contributed by atoms with Crippen LogP contribution in [0.1, 0.15) is 0 Å². The zero-order valence-corrected chi connectivity index (χ0v) is 10.4. The van der Waals surface area contributed by atoms with Crippen LogP contribution < -0.4 is 5.73 Å². The summed E-state index contributed by atoms with van der Waals surface area (Å²) < 4.78 is 2.63. The average molecular weight is 289 g/mol. The Morgan fingerprint density at radius 2 is 1.82 bits per heavy atom. The number of hydrogen-bond acceptors (Lipinski definition) is 3. The standard InChI is InChI=1S/C12H9BrN4/c13-10-2-1-3-11-15-12(16-17(10)11)8-4-6-9(14)7-5-8/h1-7H,14H2. The van der Waals surface area contributed by atoms with Crippen molar-refractivity contribution in [1.82, 2.24) is 14.6 Å². The molecule has 0 spiro atoms. The molecule has 3 rings (SSSR count). The van der Waals surface area contributed by atoms with Crippen LogP contribution in [0, 0.1) is 0 Å². The van der Waals surface area contributed by atoms with Gasteiger partial charge in [0, 0.05) is 11.3 Å². The largest absolute Gasteiger partial charge is 0.399 e. The van der Waals surface area contributed by atoms with Crippen LogP contribution in [0.2, 0.25) is 0 Å². The molecular formula is C12H9BrN4. The number of fused-ring (bicyclic) bond motifs is 1. The molecule has 0 aliphatic rings. The average Bonchev–Trinajstić information content (AvgIpc) is 2.75. The van der Waals surface area contributed by atoms with Crippen LogP contribution >= 0.6 is 15.9 Å². The number of aromatic nitrogens is 3. The molecule has 0 amide bonds. The minimum atomic E-state index is 0.692. The van der Waals surface area contributed by atoms with Gasteiger partial charge in [-0.3, -0.25) is 0 Å². The Morgan fingerprint density at radius 1 is 1.06 bits per heavy atom. The summed E-state index contributed by atoms with van der Waals surface area (Å²) in [5, 5.41) is 4.43. The van der Waals surface area contributed by atoms with E-state index in [4.69, 9.17) is 5.73 Å². The number of nitrogen functional groups attached to an aromatic ring is 1. The van der Waals surface area contributed by atoms with E-state index in [1.807, 2.05) is 42.5 Å². The van der Waals surface area contributed by atoms with E-state index in [0.29, 0.717) is 5.82 Å². The van der Waals surface area contributed by atoms with E-state index < -0.39 is 0 Å². The summed E-state index contributed by atoms with van der Waals surface area (Å²) in [5.74, 6) is 0.692. The fourth-order valence-electron chi connectivity index (χ4n) is 1.63. The molecule has 3 aromatic rings. The van der Waals surface area contributed by atoms with Crippen LogP contribution in [-0.4, -0.2) is 14.6 Å². The molecule has 0 bridgehead atoms. The van der Waals surface area contributed by atoms with Crippen LogP contribution in [0.15, 0.2) is 47.1 Å². The van der Waals surface area contributed by atoms with Gasteiger partial charge < -0.3 is 5.73 Å². The number of nitrogens with zero attached hydrogens (tertiary/aromatic N) is 3. The van der Waals surface area contributed by atoms with E-state index in [0.717, 1.165) is 21.5 Å². The monoisotopic (exact) mass is 288 g/mol. The van der Waals surface area contributed by atoms with Crippen molar-refractivity contribution in [2.75, 3.05) is 5.73 Å². The van der Waals surface area contributed by atoms with Crippen molar-refractivity contribution in [2.45, 2.75) is 0 Å². The van der Waals surface area contributed by atoms with Gasteiger partial charge in [0.05, 0.1) is 0 Å². The summed E-state index contributed by atoms with van der Waals surface area (Å²) in [6.45, 7) is 0. The predicted octanol–water partition coefficient (Wildman–Crippen LogP) is 2.74. The summed E-state index contributed by atoms with van der Waals surface area (Å²) in [4.78, 5) is 4.45. The fraction of sp³-hybridized carbons (Fsp3) is 0. The summed E-state index contributed by atoms with van der Waals surface area (Å²) in [7, 11) is 0. The van der Waals surface area contributed by atoms with Crippen molar-refractivity contribution in [2.24, 2.45) is 0 Å². The van der Waals surface area contributed by atoms with E-state index in [1.165, 1.54) is 0 Å². The number of pyridine rings is 1. The lowest BCUT2D eigenvalue weighted by Gasteiger charge is -1.95. The Morgan fingerprint density at radius 3 is 2.53 bits per heavy atom. The molecule has 4 nitrogen and oxygen atoms in total. The third-order valence-corrected chi connectivity index (χ3v) is 3.08. The number of anilines is 1. The van der Waals surface area contributed by atoms with Crippen LogP contribution in [0.25, 0.3) is 17.0 Å². The summed E-state index contributed by atoms with van der Waals surface area (Å²) >= 11 is 3.43. The number of rotatable bonds is 1. The second kappa shape index (κ2) is 3.85. The van der Waals surface area contributed by atoms with E-state index in [9.17, 15) is 0 Å². The third kappa shape index (κ3) is 1.78. The van der Waals surface area contributed by atoms with Crippen molar-refractivity contribution < 1.29 is 0 Å². The number of benzene rings is 1. The Bertz CT molecular complexity index is 673. The molecule has 1 aromatic carbocycles. The molecule has 2 aromatic heterocycles. The van der Waals surface area contributed by atoms with Crippen molar-refractivity contribution in [1.29, 1.82) is 0 Å². The van der Waals surface area contributed by atoms with Gasteiger partial charge in [0.15, 0.2) is 11.5 Å².